The van der Waals surface area contributed by atoms with E-state index in [-0.39, 0.29) is 12.5 Å². The van der Waals surface area contributed by atoms with Gasteiger partial charge in [-0.05, 0) is 62.6 Å². The van der Waals surface area contributed by atoms with E-state index in [1.54, 1.807) is 6.07 Å². The van der Waals surface area contributed by atoms with E-state index < -0.39 is 11.1 Å². The van der Waals surface area contributed by atoms with Crippen molar-refractivity contribution >= 4 is 11.6 Å². The number of anilines is 1. The molecule has 6 nitrogen and oxygen atoms in total. The molecule has 0 saturated carbocycles. The third-order valence-electron chi connectivity index (χ3n) is 4.80. The molecule has 0 aliphatic heterocycles. The second-order valence-corrected chi connectivity index (χ2v) is 7.04. The van der Waals surface area contributed by atoms with Gasteiger partial charge in [0.05, 0.1) is 0 Å². The van der Waals surface area contributed by atoms with Crippen LogP contribution in [0.15, 0.2) is 58.4 Å². The number of aromatic nitrogens is 2. The summed E-state index contributed by atoms with van der Waals surface area (Å²) >= 11 is 0. The molecule has 1 aromatic heterocycles. The summed E-state index contributed by atoms with van der Waals surface area (Å²) in [6.45, 7) is 7.58. The first-order valence-electron chi connectivity index (χ1n) is 9.03. The summed E-state index contributed by atoms with van der Waals surface area (Å²) in [5.41, 5.74) is 4.05. The highest BCUT2D eigenvalue weighted by atomic mass is 16.2. The van der Waals surface area contributed by atoms with Gasteiger partial charge in [0.2, 0.25) is 5.91 Å². The molecule has 1 heterocycles. The molecule has 0 saturated heterocycles. The van der Waals surface area contributed by atoms with E-state index in [1.807, 2.05) is 58.0 Å². The molecule has 0 spiro atoms. The maximum atomic E-state index is 12.5. The molecule has 3 aromatic rings. The van der Waals surface area contributed by atoms with Crippen molar-refractivity contribution in [1.29, 1.82) is 0 Å². The summed E-state index contributed by atoms with van der Waals surface area (Å²) in [6.07, 6.45) is 2.97. The SMILES string of the molecule is Cc1ccc(NC(=O)Cn2ccn(-c3ccc(C)c(C)c3)c(=O)c2=O)c(C)c1. The van der Waals surface area contributed by atoms with Crippen LogP contribution in [0.25, 0.3) is 5.69 Å². The van der Waals surface area contributed by atoms with Gasteiger partial charge in [-0.15, -0.1) is 0 Å². The molecule has 0 bridgehead atoms. The highest BCUT2D eigenvalue weighted by Crippen LogP contribution is 2.16. The third kappa shape index (κ3) is 3.96. The first kappa shape index (κ1) is 19.4. The minimum Gasteiger partial charge on any atom is -0.324 e. The summed E-state index contributed by atoms with van der Waals surface area (Å²) in [4.78, 5) is 37.3. The summed E-state index contributed by atoms with van der Waals surface area (Å²) in [5, 5.41) is 2.79. The van der Waals surface area contributed by atoms with E-state index in [2.05, 4.69) is 5.32 Å². The van der Waals surface area contributed by atoms with Crippen LogP contribution < -0.4 is 16.4 Å². The predicted molar refractivity (Wildman–Crippen MR) is 110 cm³/mol. The van der Waals surface area contributed by atoms with E-state index in [0.717, 1.165) is 26.8 Å². The molecular formula is C22H23N3O3. The summed E-state index contributed by atoms with van der Waals surface area (Å²) in [5.74, 6) is -0.364. The van der Waals surface area contributed by atoms with Crippen LogP contribution in [0.3, 0.4) is 0 Å². The minimum absolute atomic E-state index is 0.227. The third-order valence-corrected chi connectivity index (χ3v) is 4.80. The highest BCUT2D eigenvalue weighted by Gasteiger charge is 2.11. The van der Waals surface area contributed by atoms with Crippen molar-refractivity contribution in [1.82, 2.24) is 9.13 Å². The number of aryl methyl sites for hydroxylation is 4. The van der Waals surface area contributed by atoms with E-state index in [1.165, 1.54) is 17.0 Å². The van der Waals surface area contributed by atoms with Crippen LogP contribution in [0.4, 0.5) is 5.69 Å². The maximum Gasteiger partial charge on any atom is 0.320 e. The van der Waals surface area contributed by atoms with Crippen molar-refractivity contribution in [3.8, 4) is 5.69 Å². The Kier molecular flexibility index (Phi) is 5.31. The van der Waals surface area contributed by atoms with Crippen molar-refractivity contribution in [2.45, 2.75) is 34.2 Å². The van der Waals surface area contributed by atoms with Crippen LogP contribution in [-0.4, -0.2) is 15.0 Å². The Bertz CT molecular complexity index is 1170. The summed E-state index contributed by atoms with van der Waals surface area (Å²) < 4.78 is 2.42. The fourth-order valence-corrected chi connectivity index (χ4v) is 3.01. The van der Waals surface area contributed by atoms with Crippen molar-refractivity contribution in [2.24, 2.45) is 0 Å². The largest absolute Gasteiger partial charge is 0.324 e. The number of nitrogens with zero attached hydrogens (tertiary/aromatic N) is 2. The van der Waals surface area contributed by atoms with Gasteiger partial charge in [-0.25, -0.2) is 0 Å². The number of carbonyl (C=O) groups excluding carboxylic acids is 1. The molecule has 2 aromatic carbocycles. The lowest BCUT2D eigenvalue weighted by molar-refractivity contribution is -0.116. The van der Waals surface area contributed by atoms with Gasteiger partial charge in [0.1, 0.15) is 6.54 Å². The van der Waals surface area contributed by atoms with Crippen LogP contribution in [0.1, 0.15) is 22.3 Å². The topological polar surface area (TPSA) is 73.1 Å². The van der Waals surface area contributed by atoms with Crippen molar-refractivity contribution in [2.75, 3.05) is 5.32 Å². The van der Waals surface area contributed by atoms with E-state index in [9.17, 15) is 14.4 Å². The van der Waals surface area contributed by atoms with Crippen LogP contribution >= 0.6 is 0 Å². The number of amides is 1. The van der Waals surface area contributed by atoms with E-state index >= 15 is 0 Å². The Labute approximate surface area is 163 Å². The van der Waals surface area contributed by atoms with Crippen LogP contribution in [0.2, 0.25) is 0 Å². The lowest BCUT2D eigenvalue weighted by Crippen LogP contribution is -2.41. The normalized spacial score (nSPS) is 10.7. The Balaban J connectivity index is 1.84. The number of nitrogens with one attached hydrogen (secondary N) is 1. The zero-order valence-electron chi connectivity index (χ0n) is 16.4. The molecule has 28 heavy (non-hydrogen) atoms. The van der Waals surface area contributed by atoms with Crippen LogP contribution in [0.5, 0.6) is 0 Å². The molecule has 0 aliphatic carbocycles. The Hall–Kier alpha value is -3.41. The van der Waals surface area contributed by atoms with Crippen LogP contribution in [0, 0.1) is 27.7 Å². The van der Waals surface area contributed by atoms with Gasteiger partial charge in [0.25, 0.3) is 0 Å². The van der Waals surface area contributed by atoms with Gasteiger partial charge < -0.3 is 5.32 Å². The van der Waals surface area contributed by atoms with Gasteiger partial charge in [-0.1, -0.05) is 23.8 Å². The number of carbonyl (C=O) groups is 1. The maximum absolute atomic E-state index is 12.5. The number of rotatable bonds is 4. The van der Waals surface area contributed by atoms with Crippen LogP contribution in [-0.2, 0) is 11.3 Å². The monoisotopic (exact) mass is 377 g/mol. The Morgan fingerprint density at radius 2 is 1.61 bits per heavy atom. The molecule has 0 fully saturated rings. The predicted octanol–water partition coefficient (Wildman–Crippen LogP) is 2.87. The number of hydrogen-bond acceptors (Lipinski definition) is 3. The quantitative estimate of drug-likeness (QED) is 0.711. The molecule has 144 valence electrons. The van der Waals surface area contributed by atoms with Crippen molar-refractivity contribution in [3.63, 3.8) is 0 Å². The fourth-order valence-electron chi connectivity index (χ4n) is 3.01. The van der Waals surface area contributed by atoms with E-state index in [0.29, 0.717) is 11.4 Å². The average molecular weight is 377 g/mol. The van der Waals surface area contributed by atoms with Gasteiger partial charge in [0.15, 0.2) is 0 Å². The summed E-state index contributed by atoms with van der Waals surface area (Å²) in [7, 11) is 0. The lowest BCUT2D eigenvalue weighted by Gasteiger charge is -2.12. The molecule has 3 rings (SSSR count). The smallest absolute Gasteiger partial charge is 0.320 e. The molecule has 0 radical (unpaired) electrons. The molecule has 1 amide bonds. The average Bonchev–Trinajstić information content (AvgIpc) is 2.64. The zero-order chi connectivity index (χ0) is 20.4. The van der Waals surface area contributed by atoms with Crippen molar-refractivity contribution < 1.29 is 4.79 Å². The molecular weight excluding hydrogens is 354 g/mol. The van der Waals surface area contributed by atoms with Crippen molar-refractivity contribution in [3.05, 3.63) is 91.8 Å². The molecule has 6 heteroatoms. The molecule has 1 N–H and O–H groups in total. The van der Waals surface area contributed by atoms with Gasteiger partial charge in [0, 0.05) is 23.8 Å². The van der Waals surface area contributed by atoms with Gasteiger partial charge >= 0.3 is 11.1 Å². The first-order chi connectivity index (χ1) is 13.3. The molecule has 0 unspecified atom stereocenters. The first-order valence-corrected chi connectivity index (χ1v) is 9.03. The standard InChI is InChI=1S/C22H23N3O3/c1-14-5-8-19(17(4)11-14)23-20(26)13-24-9-10-25(22(28)21(24)27)18-7-6-15(2)16(3)12-18/h5-12H,13H2,1-4H3,(H,23,26). The Morgan fingerprint density at radius 1 is 0.857 bits per heavy atom. The second kappa shape index (κ2) is 7.68. The van der Waals surface area contributed by atoms with E-state index in [4.69, 9.17) is 0 Å². The molecule has 0 atom stereocenters. The Morgan fingerprint density at radius 3 is 2.29 bits per heavy atom. The highest BCUT2D eigenvalue weighted by molar-refractivity contribution is 5.91. The zero-order valence-corrected chi connectivity index (χ0v) is 16.4. The minimum atomic E-state index is -0.739. The van der Waals surface area contributed by atoms with Gasteiger partial charge in [-0.2, -0.15) is 0 Å². The second-order valence-electron chi connectivity index (χ2n) is 7.04. The fraction of sp³-hybridized carbons (Fsp3) is 0.227. The number of benzene rings is 2. The summed E-state index contributed by atoms with van der Waals surface area (Å²) in [6, 6.07) is 11.2. The molecule has 0 aliphatic rings. The number of hydrogen-bond donors (Lipinski definition) is 1. The van der Waals surface area contributed by atoms with Gasteiger partial charge in [-0.3, -0.25) is 23.5 Å². The lowest BCUT2D eigenvalue weighted by atomic mass is 10.1.